The van der Waals surface area contributed by atoms with Crippen molar-refractivity contribution in [3.63, 3.8) is 0 Å². The van der Waals surface area contributed by atoms with E-state index in [9.17, 15) is 4.79 Å². The van der Waals surface area contributed by atoms with E-state index in [0.717, 1.165) is 11.8 Å². The van der Waals surface area contributed by atoms with E-state index in [1.807, 2.05) is 30.3 Å². The van der Waals surface area contributed by atoms with Crippen molar-refractivity contribution in [2.75, 3.05) is 5.73 Å². The maximum Gasteiger partial charge on any atom is 0.327 e. The van der Waals surface area contributed by atoms with Gasteiger partial charge in [-0.15, -0.1) is 0 Å². The molecule has 0 saturated heterocycles. The molecule has 1 aromatic rings. The Morgan fingerprint density at radius 2 is 1.83 bits per heavy atom. The SMILES string of the molecule is C=CC(=O)O.Nc1ccccc1. The zero-order valence-corrected chi connectivity index (χ0v) is 6.60. The van der Waals surface area contributed by atoms with Crippen molar-refractivity contribution < 1.29 is 9.90 Å². The second-order valence-corrected chi connectivity index (χ2v) is 1.95. The second-order valence-electron chi connectivity index (χ2n) is 1.95. The number of nitrogen functional groups attached to an aromatic ring is 1. The minimum atomic E-state index is -0.981. The lowest BCUT2D eigenvalue weighted by atomic mass is 10.3. The van der Waals surface area contributed by atoms with Gasteiger partial charge in [0, 0.05) is 11.8 Å². The van der Waals surface area contributed by atoms with Crippen LogP contribution in [0.2, 0.25) is 0 Å². The molecule has 0 saturated carbocycles. The number of nitrogens with two attached hydrogens (primary N) is 1. The van der Waals surface area contributed by atoms with Crippen molar-refractivity contribution >= 4 is 11.7 Å². The zero-order chi connectivity index (χ0) is 9.40. The molecule has 0 fully saturated rings. The number of carbonyl (C=O) groups is 1. The van der Waals surface area contributed by atoms with Gasteiger partial charge in [0.15, 0.2) is 0 Å². The topological polar surface area (TPSA) is 63.3 Å². The Labute approximate surface area is 71.1 Å². The number of aliphatic carboxylic acids is 1. The maximum absolute atomic E-state index is 9.25. The first-order valence-electron chi connectivity index (χ1n) is 3.32. The number of carboxylic acid groups (broad SMARTS) is 1. The number of hydrogen-bond acceptors (Lipinski definition) is 2. The third kappa shape index (κ3) is 6.35. The number of carboxylic acids is 1. The molecule has 0 radical (unpaired) electrons. The van der Waals surface area contributed by atoms with Crippen molar-refractivity contribution in [3.05, 3.63) is 43.0 Å². The van der Waals surface area contributed by atoms with Gasteiger partial charge in [-0.3, -0.25) is 0 Å². The first kappa shape index (κ1) is 10.2. The van der Waals surface area contributed by atoms with Gasteiger partial charge >= 0.3 is 5.97 Å². The van der Waals surface area contributed by atoms with Crippen LogP contribution in [0.3, 0.4) is 0 Å². The van der Waals surface area contributed by atoms with Crippen LogP contribution in [-0.2, 0) is 4.79 Å². The molecule has 0 aliphatic carbocycles. The molecule has 3 heteroatoms. The average molecular weight is 165 g/mol. The largest absolute Gasteiger partial charge is 0.478 e. The fraction of sp³-hybridized carbons (Fsp3) is 0. The lowest BCUT2D eigenvalue weighted by molar-refractivity contribution is -0.131. The first-order chi connectivity index (χ1) is 5.66. The van der Waals surface area contributed by atoms with Crippen LogP contribution in [0.25, 0.3) is 0 Å². The molecule has 0 bridgehead atoms. The minimum Gasteiger partial charge on any atom is -0.478 e. The van der Waals surface area contributed by atoms with Gasteiger partial charge in [-0.05, 0) is 12.1 Å². The second kappa shape index (κ2) is 5.97. The smallest absolute Gasteiger partial charge is 0.327 e. The van der Waals surface area contributed by atoms with Crippen LogP contribution in [-0.4, -0.2) is 11.1 Å². The van der Waals surface area contributed by atoms with Crippen LogP contribution in [0.4, 0.5) is 5.69 Å². The summed E-state index contributed by atoms with van der Waals surface area (Å²) < 4.78 is 0. The van der Waals surface area contributed by atoms with Crippen LogP contribution < -0.4 is 5.73 Å². The highest BCUT2D eigenvalue weighted by Gasteiger charge is 1.73. The third-order valence-electron chi connectivity index (χ3n) is 0.974. The standard InChI is InChI=1S/C6H7N.C3H4O2/c7-6-4-2-1-3-5-6;1-2-3(4)5/h1-5H,7H2;2H,1H2,(H,4,5). The molecule has 12 heavy (non-hydrogen) atoms. The fourth-order valence-corrected chi connectivity index (χ4v) is 0.453. The Morgan fingerprint density at radius 1 is 1.42 bits per heavy atom. The molecule has 64 valence electrons. The van der Waals surface area contributed by atoms with Gasteiger partial charge in [0.1, 0.15) is 0 Å². The van der Waals surface area contributed by atoms with Crippen molar-refractivity contribution in [3.8, 4) is 0 Å². The van der Waals surface area contributed by atoms with Gasteiger partial charge in [-0.1, -0.05) is 24.8 Å². The van der Waals surface area contributed by atoms with Crippen LogP contribution >= 0.6 is 0 Å². The van der Waals surface area contributed by atoms with E-state index < -0.39 is 5.97 Å². The number of benzene rings is 1. The summed E-state index contributed by atoms with van der Waals surface area (Å²) in [6, 6.07) is 9.49. The molecule has 3 N–H and O–H groups in total. The number of rotatable bonds is 1. The quantitative estimate of drug-likeness (QED) is 0.490. The van der Waals surface area contributed by atoms with Gasteiger partial charge in [0.25, 0.3) is 0 Å². The maximum atomic E-state index is 9.25. The highest BCUT2D eigenvalue weighted by Crippen LogP contribution is 1.95. The Bertz CT molecular complexity index is 244. The molecule has 0 spiro atoms. The lowest BCUT2D eigenvalue weighted by Crippen LogP contribution is -1.82. The van der Waals surface area contributed by atoms with E-state index in [1.165, 1.54) is 0 Å². The average Bonchev–Trinajstić information content (AvgIpc) is 2.07. The molecule has 0 unspecified atom stereocenters. The summed E-state index contributed by atoms with van der Waals surface area (Å²) in [7, 11) is 0. The van der Waals surface area contributed by atoms with E-state index in [0.29, 0.717) is 0 Å². The Balaban J connectivity index is 0.000000217. The van der Waals surface area contributed by atoms with Crippen molar-refractivity contribution in [1.29, 1.82) is 0 Å². The van der Waals surface area contributed by atoms with Gasteiger partial charge < -0.3 is 10.8 Å². The summed E-state index contributed by atoms with van der Waals surface area (Å²) in [6.45, 7) is 2.96. The summed E-state index contributed by atoms with van der Waals surface area (Å²) in [6.07, 6.45) is 0.833. The highest BCUT2D eigenvalue weighted by atomic mass is 16.4. The molecular weight excluding hydrogens is 154 g/mol. The van der Waals surface area contributed by atoms with Crippen LogP contribution in [0, 0.1) is 0 Å². The summed E-state index contributed by atoms with van der Waals surface area (Å²) in [5.74, 6) is -0.981. The molecule has 0 heterocycles. The predicted octanol–water partition coefficient (Wildman–Crippen LogP) is 1.53. The number of para-hydroxylation sites is 1. The van der Waals surface area contributed by atoms with Gasteiger partial charge in [0.05, 0.1) is 0 Å². The molecular formula is C9H11NO2. The first-order valence-corrected chi connectivity index (χ1v) is 3.32. The van der Waals surface area contributed by atoms with E-state index in [1.54, 1.807) is 0 Å². The summed E-state index contributed by atoms with van der Waals surface area (Å²) >= 11 is 0. The van der Waals surface area contributed by atoms with Gasteiger partial charge in [-0.2, -0.15) is 0 Å². The fourth-order valence-electron chi connectivity index (χ4n) is 0.453. The van der Waals surface area contributed by atoms with E-state index in [2.05, 4.69) is 6.58 Å². The van der Waals surface area contributed by atoms with E-state index in [4.69, 9.17) is 10.8 Å². The molecule has 0 aliphatic rings. The molecule has 0 aliphatic heterocycles. The molecule has 0 atom stereocenters. The monoisotopic (exact) mass is 165 g/mol. The number of anilines is 1. The van der Waals surface area contributed by atoms with Crippen LogP contribution in [0.1, 0.15) is 0 Å². The van der Waals surface area contributed by atoms with E-state index in [-0.39, 0.29) is 0 Å². The summed E-state index contributed by atoms with van der Waals surface area (Å²) in [5, 5.41) is 7.60. The van der Waals surface area contributed by atoms with E-state index >= 15 is 0 Å². The molecule has 1 rings (SSSR count). The van der Waals surface area contributed by atoms with Gasteiger partial charge in [-0.25, -0.2) is 4.79 Å². The zero-order valence-electron chi connectivity index (χ0n) is 6.60. The predicted molar refractivity (Wildman–Crippen MR) is 48.7 cm³/mol. The lowest BCUT2D eigenvalue weighted by Gasteiger charge is -1.83. The number of hydrogen-bond donors (Lipinski definition) is 2. The third-order valence-corrected chi connectivity index (χ3v) is 0.974. The van der Waals surface area contributed by atoms with Crippen molar-refractivity contribution in [1.82, 2.24) is 0 Å². The molecule has 0 amide bonds. The van der Waals surface area contributed by atoms with Crippen LogP contribution in [0.15, 0.2) is 43.0 Å². The summed E-state index contributed by atoms with van der Waals surface area (Å²) in [4.78, 5) is 9.25. The Hall–Kier alpha value is -1.77. The summed E-state index contributed by atoms with van der Waals surface area (Å²) in [5.41, 5.74) is 6.18. The Morgan fingerprint density at radius 3 is 2.00 bits per heavy atom. The normalized spacial score (nSPS) is 7.67. The molecule has 3 nitrogen and oxygen atoms in total. The van der Waals surface area contributed by atoms with Crippen LogP contribution in [0.5, 0.6) is 0 Å². The van der Waals surface area contributed by atoms with Crippen molar-refractivity contribution in [2.24, 2.45) is 0 Å². The molecule has 0 aromatic heterocycles. The van der Waals surface area contributed by atoms with Crippen molar-refractivity contribution in [2.45, 2.75) is 0 Å². The Kier molecular flexibility index (Phi) is 5.09. The minimum absolute atomic E-state index is 0.822. The highest BCUT2D eigenvalue weighted by molar-refractivity contribution is 5.78. The van der Waals surface area contributed by atoms with Gasteiger partial charge in [0.2, 0.25) is 0 Å². The molecule has 1 aromatic carbocycles.